The van der Waals surface area contributed by atoms with Crippen molar-refractivity contribution in [2.75, 3.05) is 19.9 Å². The maximum atomic E-state index is 13.3. The molecule has 0 atom stereocenters. The molecule has 96 valence electrons. The van der Waals surface area contributed by atoms with Crippen LogP contribution in [0.5, 0.6) is 0 Å². The normalized spacial score (nSPS) is 10.8. The van der Waals surface area contributed by atoms with Crippen molar-refractivity contribution in [3.63, 3.8) is 0 Å². The quantitative estimate of drug-likeness (QED) is 0.612. The minimum absolute atomic E-state index is 0. The summed E-state index contributed by atoms with van der Waals surface area (Å²) in [4.78, 5) is 0. The molecule has 0 aliphatic heterocycles. The van der Waals surface area contributed by atoms with E-state index >= 15 is 0 Å². The first-order chi connectivity index (χ1) is 8.77. The van der Waals surface area contributed by atoms with Crippen LogP contribution in [0.4, 0.5) is 0 Å². The molecule has 0 unspecified atom stereocenters. The van der Waals surface area contributed by atoms with Gasteiger partial charge in [0.2, 0.25) is 0 Å². The van der Waals surface area contributed by atoms with Gasteiger partial charge >= 0.3 is 18.9 Å². The van der Waals surface area contributed by atoms with E-state index in [4.69, 9.17) is 4.74 Å². The van der Waals surface area contributed by atoms with Gasteiger partial charge < -0.3 is 9.30 Å². The Morgan fingerprint density at radius 1 is 0.895 bits per heavy atom. The topological polar surface area (TPSA) is 26.3 Å². The maximum absolute atomic E-state index is 13.3. The molecule has 0 bridgehead atoms. The van der Waals surface area contributed by atoms with Crippen LogP contribution in [0.1, 0.15) is 0 Å². The fourth-order valence-electron chi connectivity index (χ4n) is 1.96. The minimum atomic E-state index is -2.57. The van der Waals surface area contributed by atoms with Crippen molar-refractivity contribution in [3.8, 4) is 0 Å². The van der Waals surface area contributed by atoms with E-state index in [-0.39, 0.29) is 18.9 Å². The predicted molar refractivity (Wildman–Crippen MR) is 83.7 cm³/mol. The fraction of sp³-hybridized carbons (Fsp3) is 0.200. The third-order valence-electron chi connectivity index (χ3n) is 2.96. The fourth-order valence-corrected chi connectivity index (χ4v) is 4.53. The Morgan fingerprint density at radius 2 is 1.32 bits per heavy atom. The average Bonchev–Trinajstić information content (AvgIpc) is 2.46. The molecule has 19 heavy (non-hydrogen) atoms. The van der Waals surface area contributed by atoms with Gasteiger partial charge in [0.15, 0.2) is 0 Å². The Labute approximate surface area is 126 Å². The molecule has 2 aromatic carbocycles. The number of hydrogen-bond donors (Lipinski definition) is 0. The zero-order chi connectivity index (χ0) is 12.8. The molecule has 0 saturated heterocycles. The van der Waals surface area contributed by atoms with Gasteiger partial charge in [-0.25, -0.2) is 0 Å². The van der Waals surface area contributed by atoms with Gasteiger partial charge in [-0.1, -0.05) is 60.7 Å². The van der Waals surface area contributed by atoms with Crippen molar-refractivity contribution in [1.29, 1.82) is 0 Å². The summed E-state index contributed by atoms with van der Waals surface area (Å²) in [5.41, 5.74) is 0. The second kappa shape index (κ2) is 7.73. The Kier molecular flexibility index (Phi) is 6.62. The van der Waals surface area contributed by atoms with E-state index in [1.165, 1.54) is 0 Å². The molecule has 0 heterocycles. The van der Waals surface area contributed by atoms with Crippen molar-refractivity contribution in [3.05, 3.63) is 60.7 Å². The summed E-state index contributed by atoms with van der Waals surface area (Å²) in [5.74, 6) is 0. The molecule has 0 aromatic heterocycles. The third-order valence-corrected chi connectivity index (χ3v) is 6.03. The van der Waals surface area contributed by atoms with Crippen molar-refractivity contribution in [1.82, 2.24) is 0 Å². The van der Waals surface area contributed by atoms with Gasteiger partial charge in [0.1, 0.15) is 7.14 Å². The summed E-state index contributed by atoms with van der Waals surface area (Å²) in [7, 11) is -0.926. The molecule has 4 heteroatoms. The molecule has 0 N–H and O–H groups in total. The van der Waals surface area contributed by atoms with E-state index in [0.29, 0.717) is 12.8 Å². The molecule has 0 aliphatic rings. The molecular weight excluding hydrogens is 250 g/mol. The zero-order valence-corrected chi connectivity index (χ0v) is 11.3. The van der Waals surface area contributed by atoms with Crippen LogP contribution in [-0.2, 0) is 9.30 Å². The Bertz CT molecular complexity index is 485. The van der Waals surface area contributed by atoms with Crippen molar-refractivity contribution >= 4 is 36.6 Å². The number of methoxy groups -OCH3 is 1. The van der Waals surface area contributed by atoms with Crippen LogP contribution in [0.2, 0.25) is 0 Å². The van der Waals surface area contributed by atoms with Gasteiger partial charge in [-0.2, -0.15) is 0 Å². The molecule has 0 radical (unpaired) electrons. The van der Waals surface area contributed by atoms with E-state index < -0.39 is 7.14 Å². The van der Waals surface area contributed by atoms with Crippen LogP contribution < -0.4 is 10.6 Å². The van der Waals surface area contributed by atoms with Crippen LogP contribution in [0.25, 0.3) is 0 Å². The van der Waals surface area contributed by atoms with E-state index in [1.807, 2.05) is 60.7 Å². The molecule has 0 saturated carbocycles. The molecule has 2 nitrogen and oxygen atoms in total. The third kappa shape index (κ3) is 3.85. The van der Waals surface area contributed by atoms with E-state index in [0.717, 1.165) is 10.6 Å². The Balaban J connectivity index is 0.00000180. The molecule has 0 fully saturated rings. The van der Waals surface area contributed by atoms with Crippen LogP contribution in [0.15, 0.2) is 60.7 Å². The molecular formula is C15H18LiO2P. The Morgan fingerprint density at radius 3 is 1.68 bits per heavy atom. The van der Waals surface area contributed by atoms with Crippen molar-refractivity contribution in [2.45, 2.75) is 0 Å². The number of hydrogen-bond acceptors (Lipinski definition) is 2. The predicted octanol–water partition coefficient (Wildman–Crippen LogP) is 2.00. The zero-order valence-electron chi connectivity index (χ0n) is 10.5. The van der Waals surface area contributed by atoms with Crippen molar-refractivity contribution in [2.24, 2.45) is 0 Å². The summed E-state index contributed by atoms with van der Waals surface area (Å²) in [5, 5.41) is 1.79. The van der Waals surface area contributed by atoms with Crippen LogP contribution in [0, 0.1) is 0 Å². The molecule has 0 spiro atoms. The second-order valence-electron chi connectivity index (χ2n) is 4.13. The number of ether oxygens (including phenoxy) is 1. The molecule has 2 rings (SSSR count). The average molecular weight is 268 g/mol. The molecule has 0 amide bonds. The number of benzene rings is 2. The van der Waals surface area contributed by atoms with E-state index in [9.17, 15) is 4.57 Å². The van der Waals surface area contributed by atoms with Gasteiger partial charge in [-0.05, 0) is 0 Å². The molecule has 2 aromatic rings. The first kappa shape index (κ1) is 16.3. The first-order valence-corrected chi connectivity index (χ1v) is 7.86. The van der Waals surface area contributed by atoms with Crippen LogP contribution >= 0.6 is 7.14 Å². The summed E-state index contributed by atoms with van der Waals surface area (Å²) in [6, 6.07) is 19.3. The van der Waals surface area contributed by atoms with Crippen LogP contribution in [0.3, 0.4) is 0 Å². The SMILES string of the molecule is COCCP(=O)(c1ccccc1)c1ccccc1.[LiH]. The monoisotopic (exact) mass is 268 g/mol. The van der Waals surface area contributed by atoms with Gasteiger partial charge in [0.05, 0.1) is 6.61 Å². The standard InChI is InChI=1S/C15H17O2P.Li.H/c1-17-12-13-18(16,14-8-4-2-5-9-14)15-10-6-3-7-11-15;;/h2-11H,12-13H2,1H3;;. The van der Waals surface area contributed by atoms with Crippen LogP contribution in [-0.4, -0.2) is 38.7 Å². The first-order valence-electron chi connectivity index (χ1n) is 5.96. The summed E-state index contributed by atoms with van der Waals surface area (Å²) < 4.78 is 18.4. The van der Waals surface area contributed by atoms with Gasteiger partial charge in [0.25, 0.3) is 0 Å². The summed E-state index contributed by atoms with van der Waals surface area (Å²) >= 11 is 0. The summed E-state index contributed by atoms with van der Waals surface area (Å²) in [6.07, 6.45) is 0.539. The molecule has 0 aliphatic carbocycles. The Hall–Kier alpha value is -0.773. The van der Waals surface area contributed by atoms with Crippen molar-refractivity contribution < 1.29 is 9.30 Å². The van der Waals surface area contributed by atoms with E-state index in [2.05, 4.69) is 0 Å². The summed E-state index contributed by atoms with van der Waals surface area (Å²) in [6.45, 7) is 0.501. The van der Waals surface area contributed by atoms with Gasteiger partial charge in [-0.3, -0.25) is 0 Å². The van der Waals surface area contributed by atoms with Gasteiger partial charge in [-0.15, -0.1) is 0 Å². The number of rotatable bonds is 5. The van der Waals surface area contributed by atoms with Gasteiger partial charge in [0, 0.05) is 23.9 Å². The van der Waals surface area contributed by atoms with E-state index in [1.54, 1.807) is 7.11 Å². The second-order valence-corrected chi connectivity index (χ2v) is 7.09.